The highest BCUT2D eigenvalue weighted by Crippen LogP contribution is 2.28. The Morgan fingerprint density at radius 1 is 1.29 bits per heavy atom. The normalized spacial score (nSPS) is 21.4. The number of hydrogen-bond donors (Lipinski definition) is 2. The van der Waals surface area contributed by atoms with Gasteiger partial charge in [0, 0.05) is 17.0 Å². The first-order valence-corrected chi connectivity index (χ1v) is 8.28. The van der Waals surface area contributed by atoms with Crippen LogP contribution in [0.3, 0.4) is 0 Å². The molecule has 2 N–H and O–H groups in total. The van der Waals surface area contributed by atoms with Crippen molar-refractivity contribution in [2.75, 3.05) is 18.9 Å². The third kappa shape index (κ3) is 6.12. The van der Waals surface area contributed by atoms with Crippen LogP contribution in [0.5, 0.6) is 0 Å². The highest BCUT2D eigenvalue weighted by molar-refractivity contribution is 7.99. The Morgan fingerprint density at radius 3 is 2.59 bits per heavy atom. The summed E-state index contributed by atoms with van der Waals surface area (Å²) in [5.74, 6) is 2.03. The highest BCUT2D eigenvalue weighted by Gasteiger charge is 2.23. The van der Waals surface area contributed by atoms with Crippen LogP contribution < -0.4 is 5.32 Å². The van der Waals surface area contributed by atoms with Crippen LogP contribution in [0.25, 0.3) is 0 Å². The van der Waals surface area contributed by atoms with Crippen LogP contribution in [0.15, 0.2) is 0 Å². The molecule has 2 unspecified atom stereocenters. The lowest BCUT2D eigenvalue weighted by Crippen LogP contribution is -2.40. The van der Waals surface area contributed by atoms with Crippen molar-refractivity contribution in [1.82, 2.24) is 5.32 Å². The highest BCUT2D eigenvalue weighted by atomic mass is 32.2. The second-order valence-corrected chi connectivity index (χ2v) is 6.76. The number of aliphatic hydroxyl groups excluding tert-OH is 1. The maximum atomic E-state index is 9.09. The molecule has 0 heterocycles. The Balaban J connectivity index is 2.35. The van der Waals surface area contributed by atoms with Crippen molar-refractivity contribution in [2.24, 2.45) is 5.92 Å². The van der Waals surface area contributed by atoms with Crippen molar-refractivity contribution in [1.29, 1.82) is 0 Å². The van der Waals surface area contributed by atoms with Gasteiger partial charge in [0.25, 0.3) is 0 Å². The van der Waals surface area contributed by atoms with Gasteiger partial charge in [-0.3, -0.25) is 0 Å². The zero-order chi connectivity index (χ0) is 12.5. The average molecular weight is 259 g/mol. The monoisotopic (exact) mass is 259 g/mol. The van der Waals surface area contributed by atoms with Crippen molar-refractivity contribution < 1.29 is 5.11 Å². The lowest BCUT2D eigenvalue weighted by Gasteiger charge is -2.31. The molecule has 0 spiro atoms. The van der Waals surface area contributed by atoms with E-state index in [1.807, 2.05) is 11.8 Å². The first kappa shape index (κ1) is 15.3. The van der Waals surface area contributed by atoms with Gasteiger partial charge < -0.3 is 10.4 Å². The van der Waals surface area contributed by atoms with Crippen molar-refractivity contribution in [3.05, 3.63) is 0 Å². The Labute approximate surface area is 111 Å². The van der Waals surface area contributed by atoms with Gasteiger partial charge in [-0.25, -0.2) is 0 Å². The zero-order valence-corrected chi connectivity index (χ0v) is 12.3. The molecular formula is C14H29NOS. The summed E-state index contributed by atoms with van der Waals surface area (Å²) in [6.45, 7) is 5.78. The number of thioether (sulfide) groups is 1. The Hall–Kier alpha value is 0.270. The van der Waals surface area contributed by atoms with Gasteiger partial charge in [0.15, 0.2) is 0 Å². The molecule has 0 aliphatic heterocycles. The van der Waals surface area contributed by atoms with E-state index in [-0.39, 0.29) is 0 Å². The summed E-state index contributed by atoms with van der Waals surface area (Å²) in [4.78, 5) is 0. The van der Waals surface area contributed by atoms with Crippen LogP contribution in [0.4, 0.5) is 0 Å². The van der Waals surface area contributed by atoms with Gasteiger partial charge in [-0.1, -0.05) is 33.1 Å². The van der Waals surface area contributed by atoms with Gasteiger partial charge in [0.05, 0.1) is 6.61 Å². The van der Waals surface area contributed by atoms with Crippen LogP contribution in [-0.2, 0) is 0 Å². The summed E-state index contributed by atoms with van der Waals surface area (Å²) in [6.07, 6.45) is 8.26. The van der Waals surface area contributed by atoms with Crippen molar-refractivity contribution in [2.45, 2.75) is 63.7 Å². The molecule has 102 valence electrons. The fourth-order valence-corrected chi connectivity index (χ4v) is 3.58. The fraction of sp³-hybridized carbons (Fsp3) is 1.00. The third-order valence-electron chi connectivity index (χ3n) is 3.69. The molecule has 0 aromatic rings. The quantitative estimate of drug-likeness (QED) is 0.703. The van der Waals surface area contributed by atoms with E-state index in [4.69, 9.17) is 5.11 Å². The largest absolute Gasteiger partial charge is 0.395 e. The molecule has 17 heavy (non-hydrogen) atoms. The van der Waals surface area contributed by atoms with Crippen LogP contribution in [0, 0.1) is 5.92 Å². The van der Waals surface area contributed by atoms with Crippen molar-refractivity contribution in [3.8, 4) is 0 Å². The van der Waals surface area contributed by atoms with Crippen molar-refractivity contribution >= 4 is 11.8 Å². The molecule has 0 amide bonds. The summed E-state index contributed by atoms with van der Waals surface area (Å²) in [6, 6.07) is 0.661. The molecule has 0 aromatic heterocycles. The van der Waals surface area contributed by atoms with E-state index in [0.717, 1.165) is 18.2 Å². The Bertz CT molecular complexity index is 183. The van der Waals surface area contributed by atoms with E-state index in [1.165, 1.54) is 38.5 Å². The van der Waals surface area contributed by atoms with Gasteiger partial charge >= 0.3 is 0 Å². The average Bonchev–Trinajstić information content (AvgIpc) is 2.39. The zero-order valence-electron chi connectivity index (χ0n) is 11.5. The van der Waals surface area contributed by atoms with E-state index >= 15 is 0 Å². The van der Waals surface area contributed by atoms with Gasteiger partial charge in [-0.05, 0) is 31.7 Å². The van der Waals surface area contributed by atoms with Crippen LogP contribution in [0.1, 0.15) is 52.4 Å². The summed E-state index contributed by atoms with van der Waals surface area (Å²) >= 11 is 1.92. The minimum atomic E-state index is 0.301. The molecular weight excluding hydrogens is 230 g/mol. The smallest absolute Gasteiger partial charge is 0.0547 e. The number of aliphatic hydroxyl groups is 1. The molecule has 0 radical (unpaired) electrons. The molecule has 0 bridgehead atoms. The lowest BCUT2D eigenvalue weighted by atomic mass is 9.84. The fourth-order valence-electron chi connectivity index (χ4n) is 2.55. The number of hydrogen-bond acceptors (Lipinski definition) is 3. The first-order valence-electron chi connectivity index (χ1n) is 7.23. The second kappa shape index (κ2) is 9.23. The van der Waals surface area contributed by atoms with Crippen LogP contribution in [-0.4, -0.2) is 35.3 Å². The van der Waals surface area contributed by atoms with E-state index in [1.54, 1.807) is 0 Å². The molecule has 2 atom stereocenters. The molecule has 0 aromatic carbocycles. The summed E-state index contributed by atoms with van der Waals surface area (Å²) in [7, 11) is 0. The molecule has 1 saturated carbocycles. The predicted octanol–water partition coefficient (Wildman–Crippen LogP) is 3.05. The van der Waals surface area contributed by atoms with Gasteiger partial charge in [0.2, 0.25) is 0 Å². The number of nitrogens with one attached hydrogen (secondary N) is 1. The topological polar surface area (TPSA) is 32.3 Å². The molecule has 1 aliphatic rings. The van der Waals surface area contributed by atoms with Gasteiger partial charge in [-0.2, -0.15) is 11.8 Å². The first-order chi connectivity index (χ1) is 8.27. The van der Waals surface area contributed by atoms with E-state index < -0.39 is 0 Å². The Morgan fingerprint density at radius 2 is 2.00 bits per heavy atom. The minimum absolute atomic E-state index is 0.301. The molecule has 3 heteroatoms. The van der Waals surface area contributed by atoms with Gasteiger partial charge in [-0.15, -0.1) is 0 Å². The molecule has 1 aliphatic carbocycles. The maximum absolute atomic E-state index is 9.09. The minimum Gasteiger partial charge on any atom is -0.395 e. The molecule has 1 rings (SSSR count). The standard InChI is InChI=1S/C14H29NOS/c1-3-9-15-14(11-17-12(2)10-16)13-7-5-4-6-8-13/h12-16H,3-11H2,1-2H3. The van der Waals surface area contributed by atoms with E-state index in [0.29, 0.717) is 17.9 Å². The van der Waals surface area contributed by atoms with E-state index in [2.05, 4.69) is 19.2 Å². The summed E-state index contributed by atoms with van der Waals surface area (Å²) in [5.41, 5.74) is 0. The van der Waals surface area contributed by atoms with Crippen LogP contribution in [0.2, 0.25) is 0 Å². The Kier molecular flexibility index (Phi) is 8.33. The maximum Gasteiger partial charge on any atom is 0.0547 e. The summed E-state index contributed by atoms with van der Waals surface area (Å²) < 4.78 is 0. The van der Waals surface area contributed by atoms with Crippen LogP contribution >= 0.6 is 11.8 Å². The second-order valence-electron chi connectivity index (χ2n) is 5.29. The van der Waals surface area contributed by atoms with E-state index in [9.17, 15) is 0 Å². The number of rotatable bonds is 8. The van der Waals surface area contributed by atoms with Gasteiger partial charge in [0.1, 0.15) is 0 Å². The molecule has 1 fully saturated rings. The lowest BCUT2D eigenvalue weighted by molar-refractivity contribution is 0.283. The third-order valence-corrected chi connectivity index (χ3v) is 4.96. The predicted molar refractivity (Wildman–Crippen MR) is 77.7 cm³/mol. The van der Waals surface area contributed by atoms with Crippen molar-refractivity contribution in [3.63, 3.8) is 0 Å². The molecule has 2 nitrogen and oxygen atoms in total. The summed E-state index contributed by atoms with van der Waals surface area (Å²) in [5, 5.41) is 13.2. The molecule has 0 saturated heterocycles. The SMILES string of the molecule is CCCNC(CSC(C)CO)C1CCCCC1.